The maximum Gasteiger partial charge on any atom is 0.328 e. The van der Waals surface area contributed by atoms with Crippen molar-refractivity contribution >= 4 is 29.2 Å². The van der Waals surface area contributed by atoms with Crippen LogP contribution in [0.5, 0.6) is 11.8 Å². The zero-order valence-electron chi connectivity index (χ0n) is 8.69. The molecule has 0 aliphatic carbocycles. The van der Waals surface area contributed by atoms with E-state index in [1.807, 2.05) is 0 Å². The number of anilines is 1. The Morgan fingerprint density at radius 2 is 2.00 bits per heavy atom. The molecule has 0 bridgehead atoms. The Morgan fingerprint density at radius 3 is 2.71 bits per heavy atom. The summed E-state index contributed by atoms with van der Waals surface area (Å²) in [6, 6.07) is 1.66. The number of ether oxygens (including phenoxy) is 1. The lowest BCUT2D eigenvalue weighted by Gasteiger charge is -2.05. The van der Waals surface area contributed by atoms with Gasteiger partial charge < -0.3 is 10.1 Å². The van der Waals surface area contributed by atoms with Gasteiger partial charge in [-0.25, -0.2) is 0 Å². The molecule has 0 aliphatic rings. The number of rotatable bonds is 3. The lowest BCUT2D eigenvalue weighted by molar-refractivity contribution is 0.438. The molecule has 8 heteroatoms. The molecule has 1 N–H and O–H groups in total. The summed E-state index contributed by atoms with van der Waals surface area (Å²) in [6.45, 7) is 0. The Hall–Kier alpha value is -1.66. The van der Waals surface area contributed by atoms with E-state index in [9.17, 15) is 0 Å². The SMILES string of the molecule is CNc1nc(Cl)nc(Oc2cncc(Cl)c2)n1. The first-order chi connectivity index (χ1) is 8.17. The first kappa shape index (κ1) is 11.8. The molecule has 0 amide bonds. The van der Waals surface area contributed by atoms with Crippen LogP contribution in [0.25, 0.3) is 0 Å². The average molecular weight is 272 g/mol. The van der Waals surface area contributed by atoms with Gasteiger partial charge in [0.15, 0.2) is 5.75 Å². The number of halogens is 2. The Balaban J connectivity index is 2.26. The van der Waals surface area contributed by atoms with Crippen LogP contribution in [0.3, 0.4) is 0 Å². The number of aromatic nitrogens is 4. The summed E-state index contributed by atoms with van der Waals surface area (Å²) in [4.78, 5) is 15.5. The average Bonchev–Trinajstić information content (AvgIpc) is 2.28. The summed E-state index contributed by atoms with van der Waals surface area (Å²) >= 11 is 11.5. The van der Waals surface area contributed by atoms with Gasteiger partial charge in [0.2, 0.25) is 11.2 Å². The van der Waals surface area contributed by atoms with Crippen LogP contribution in [-0.2, 0) is 0 Å². The van der Waals surface area contributed by atoms with E-state index >= 15 is 0 Å². The normalized spacial score (nSPS) is 10.1. The summed E-state index contributed by atoms with van der Waals surface area (Å²) in [7, 11) is 1.66. The molecule has 2 aromatic heterocycles. The van der Waals surface area contributed by atoms with Gasteiger partial charge in [-0.05, 0) is 11.6 Å². The standard InChI is InChI=1S/C9H7Cl2N5O/c1-12-8-14-7(11)15-9(16-8)17-6-2-5(10)3-13-4-6/h2-4H,1H3,(H,12,14,15,16). The van der Waals surface area contributed by atoms with Crippen molar-refractivity contribution in [2.75, 3.05) is 12.4 Å². The van der Waals surface area contributed by atoms with Crippen LogP contribution in [0.2, 0.25) is 10.3 Å². The van der Waals surface area contributed by atoms with E-state index in [4.69, 9.17) is 27.9 Å². The van der Waals surface area contributed by atoms with E-state index < -0.39 is 0 Å². The largest absolute Gasteiger partial charge is 0.422 e. The molecule has 0 unspecified atom stereocenters. The van der Waals surface area contributed by atoms with Crippen LogP contribution in [0.4, 0.5) is 5.95 Å². The molecule has 0 aromatic carbocycles. The van der Waals surface area contributed by atoms with E-state index in [1.54, 1.807) is 13.1 Å². The van der Waals surface area contributed by atoms with Crippen LogP contribution in [-0.4, -0.2) is 27.0 Å². The lowest BCUT2D eigenvalue weighted by Crippen LogP contribution is -2.01. The van der Waals surface area contributed by atoms with Crippen molar-refractivity contribution in [2.45, 2.75) is 0 Å². The van der Waals surface area contributed by atoms with E-state index in [-0.39, 0.29) is 11.3 Å². The summed E-state index contributed by atoms with van der Waals surface area (Å²) < 4.78 is 5.35. The molecular weight excluding hydrogens is 265 g/mol. The van der Waals surface area contributed by atoms with Crippen molar-refractivity contribution in [3.05, 3.63) is 28.8 Å². The van der Waals surface area contributed by atoms with Crippen LogP contribution >= 0.6 is 23.2 Å². The molecule has 17 heavy (non-hydrogen) atoms. The second-order valence-corrected chi connectivity index (χ2v) is 3.68. The zero-order valence-corrected chi connectivity index (χ0v) is 10.2. The zero-order chi connectivity index (χ0) is 12.3. The van der Waals surface area contributed by atoms with Gasteiger partial charge in [0.25, 0.3) is 0 Å². The van der Waals surface area contributed by atoms with Crippen LogP contribution in [0.15, 0.2) is 18.5 Å². The fraction of sp³-hybridized carbons (Fsp3) is 0.111. The number of nitrogens with zero attached hydrogens (tertiary/aromatic N) is 4. The molecule has 0 fully saturated rings. The molecule has 0 aliphatic heterocycles. The molecule has 6 nitrogen and oxygen atoms in total. The van der Waals surface area contributed by atoms with Crippen molar-refractivity contribution in [2.24, 2.45) is 0 Å². The van der Waals surface area contributed by atoms with Crippen molar-refractivity contribution in [3.63, 3.8) is 0 Å². The molecule has 2 rings (SSSR count). The van der Waals surface area contributed by atoms with Gasteiger partial charge in [0.1, 0.15) is 0 Å². The third kappa shape index (κ3) is 3.15. The maximum absolute atomic E-state index is 5.77. The van der Waals surface area contributed by atoms with Gasteiger partial charge in [-0.15, -0.1) is 0 Å². The predicted molar refractivity (Wildman–Crippen MR) is 63.7 cm³/mol. The number of hydrogen-bond donors (Lipinski definition) is 1. The topological polar surface area (TPSA) is 72.8 Å². The molecule has 0 radical (unpaired) electrons. The van der Waals surface area contributed by atoms with Gasteiger partial charge in [0, 0.05) is 19.3 Å². The number of nitrogens with one attached hydrogen (secondary N) is 1. The van der Waals surface area contributed by atoms with Gasteiger partial charge in [-0.1, -0.05) is 11.6 Å². The summed E-state index contributed by atoms with van der Waals surface area (Å²) in [5.41, 5.74) is 0. The van der Waals surface area contributed by atoms with Crippen molar-refractivity contribution in [3.8, 4) is 11.8 Å². The summed E-state index contributed by atoms with van der Waals surface area (Å²) in [5, 5.41) is 3.23. The van der Waals surface area contributed by atoms with Gasteiger partial charge in [-0.3, -0.25) is 4.98 Å². The Kier molecular flexibility index (Phi) is 3.55. The van der Waals surface area contributed by atoms with Gasteiger partial charge in [0.05, 0.1) is 11.2 Å². The highest BCUT2D eigenvalue weighted by Gasteiger charge is 2.06. The quantitative estimate of drug-likeness (QED) is 0.924. The van der Waals surface area contributed by atoms with Crippen molar-refractivity contribution in [1.82, 2.24) is 19.9 Å². The lowest BCUT2D eigenvalue weighted by atomic mass is 10.5. The molecule has 0 saturated heterocycles. The fourth-order valence-corrected chi connectivity index (χ4v) is 1.36. The number of hydrogen-bond acceptors (Lipinski definition) is 6. The highest BCUT2D eigenvalue weighted by Crippen LogP contribution is 2.21. The van der Waals surface area contributed by atoms with Gasteiger partial charge in [-0.2, -0.15) is 15.0 Å². The third-order valence-corrected chi connectivity index (χ3v) is 2.08. The second kappa shape index (κ2) is 5.11. The Bertz CT molecular complexity index is 537. The molecule has 2 heterocycles. The van der Waals surface area contributed by atoms with Crippen LogP contribution < -0.4 is 10.1 Å². The molecule has 88 valence electrons. The maximum atomic E-state index is 5.77. The molecule has 0 saturated carbocycles. The molecular formula is C9H7Cl2N5O. The first-order valence-corrected chi connectivity index (χ1v) is 5.30. The van der Waals surface area contributed by atoms with Crippen molar-refractivity contribution < 1.29 is 4.74 Å². The van der Waals surface area contributed by atoms with Crippen molar-refractivity contribution in [1.29, 1.82) is 0 Å². The van der Waals surface area contributed by atoms with Gasteiger partial charge >= 0.3 is 6.01 Å². The van der Waals surface area contributed by atoms with E-state index in [0.29, 0.717) is 16.7 Å². The third-order valence-electron chi connectivity index (χ3n) is 1.70. The second-order valence-electron chi connectivity index (χ2n) is 2.90. The number of pyridine rings is 1. The minimum Gasteiger partial charge on any atom is -0.422 e. The smallest absolute Gasteiger partial charge is 0.328 e. The summed E-state index contributed by atoms with van der Waals surface area (Å²) in [6.07, 6.45) is 2.98. The Morgan fingerprint density at radius 1 is 1.18 bits per heavy atom. The fourth-order valence-electron chi connectivity index (χ4n) is 1.04. The van der Waals surface area contributed by atoms with E-state index in [1.165, 1.54) is 12.4 Å². The predicted octanol–water partition coefficient (Wildman–Crippen LogP) is 2.41. The molecule has 0 spiro atoms. The summed E-state index contributed by atoms with van der Waals surface area (Å²) in [5.74, 6) is 0.733. The highest BCUT2D eigenvalue weighted by molar-refractivity contribution is 6.30. The van der Waals surface area contributed by atoms with Crippen LogP contribution in [0.1, 0.15) is 0 Å². The Labute approximate surface area is 107 Å². The minimum absolute atomic E-state index is 0.0364. The van der Waals surface area contributed by atoms with E-state index in [2.05, 4.69) is 25.3 Å². The van der Waals surface area contributed by atoms with E-state index in [0.717, 1.165) is 0 Å². The first-order valence-electron chi connectivity index (χ1n) is 4.55. The molecule has 0 atom stereocenters. The monoisotopic (exact) mass is 271 g/mol. The van der Waals surface area contributed by atoms with Crippen LogP contribution in [0, 0.1) is 0 Å². The highest BCUT2D eigenvalue weighted by atomic mass is 35.5. The minimum atomic E-state index is 0.0364. The molecule has 2 aromatic rings.